The Bertz CT molecular complexity index is 358. The van der Waals surface area contributed by atoms with Crippen LogP contribution >= 0.6 is 11.3 Å². The van der Waals surface area contributed by atoms with Crippen LogP contribution < -0.4 is 0 Å². The van der Waals surface area contributed by atoms with Gasteiger partial charge in [0.15, 0.2) is 0 Å². The number of halogens is 3. The Balaban J connectivity index is 2.80. The van der Waals surface area contributed by atoms with Crippen molar-refractivity contribution in [3.63, 3.8) is 0 Å². The third-order valence-corrected chi connectivity index (χ3v) is 2.83. The highest BCUT2D eigenvalue weighted by atomic mass is 32.1. The smallest absolute Gasteiger partial charge is 0.425 e. The monoisotopic (exact) mass is 240 g/mol. The van der Waals surface area contributed by atoms with Gasteiger partial charge in [-0.05, 0) is 12.1 Å². The first-order valence-corrected chi connectivity index (χ1v) is 4.69. The number of thiophene rings is 1. The van der Waals surface area contributed by atoms with Gasteiger partial charge < -0.3 is 10.2 Å². The molecule has 1 rings (SSSR count). The van der Waals surface area contributed by atoms with Crippen molar-refractivity contribution < 1.29 is 28.2 Å². The molecule has 0 aliphatic heterocycles. The van der Waals surface area contributed by atoms with E-state index in [-0.39, 0.29) is 4.88 Å². The van der Waals surface area contributed by atoms with Crippen molar-refractivity contribution in [1.29, 1.82) is 0 Å². The second-order valence-electron chi connectivity index (χ2n) is 2.81. The Labute approximate surface area is 86.8 Å². The van der Waals surface area contributed by atoms with Gasteiger partial charge in [0.2, 0.25) is 0 Å². The van der Waals surface area contributed by atoms with Crippen molar-refractivity contribution in [3.05, 3.63) is 21.9 Å². The van der Waals surface area contributed by atoms with E-state index in [9.17, 15) is 23.1 Å². The maximum atomic E-state index is 12.1. The molecule has 0 saturated heterocycles. The molecule has 2 N–H and O–H groups in total. The van der Waals surface area contributed by atoms with E-state index in [1.54, 1.807) is 0 Å². The Morgan fingerprint density at radius 3 is 2.47 bits per heavy atom. The minimum absolute atomic E-state index is 0.00438. The minimum Gasteiger partial charge on any atom is -0.481 e. The van der Waals surface area contributed by atoms with Crippen molar-refractivity contribution in [1.82, 2.24) is 0 Å². The van der Waals surface area contributed by atoms with E-state index in [2.05, 4.69) is 0 Å². The Hall–Kier alpha value is -1.08. The molecular formula is C8H7F3O3S. The van der Waals surface area contributed by atoms with Crippen LogP contribution in [-0.4, -0.2) is 16.2 Å². The number of hydrogen-bond acceptors (Lipinski definition) is 3. The maximum Gasteiger partial charge on any atom is 0.425 e. The highest BCUT2D eigenvalue weighted by molar-refractivity contribution is 7.12. The molecule has 3 nitrogen and oxygen atoms in total. The van der Waals surface area contributed by atoms with Crippen LogP contribution in [0.5, 0.6) is 0 Å². The van der Waals surface area contributed by atoms with E-state index in [1.165, 1.54) is 0 Å². The van der Waals surface area contributed by atoms with E-state index >= 15 is 0 Å². The van der Waals surface area contributed by atoms with Crippen molar-refractivity contribution in [2.75, 3.05) is 0 Å². The fraction of sp³-hybridized carbons (Fsp3) is 0.375. The third-order valence-electron chi connectivity index (χ3n) is 1.60. The molecule has 1 unspecified atom stereocenters. The number of rotatable bonds is 3. The summed E-state index contributed by atoms with van der Waals surface area (Å²) in [5, 5.41) is 17.6. The van der Waals surface area contributed by atoms with Crippen molar-refractivity contribution in [2.24, 2.45) is 0 Å². The molecule has 0 aliphatic carbocycles. The van der Waals surface area contributed by atoms with E-state index in [1.807, 2.05) is 0 Å². The van der Waals surface area contributed by atoms with Gasteiger partial charge >= 0.3 is 12.1 Å². The molecule has 1 aromatic heterocycles. The molecule has 1 aromatic rings. The molecule has 15 heavy (non-hydrogen) atoms. The summed E-state index contributed by atoms with van der Waals surface area (Å²) in [4.78, 5) is 9.37. The number of carbonyl (C=O) groups is 1. The molecule has 1 heterocycles. The van der Waals surface area contributed by atoms with Crippen molar-refractivity contribution in [3.8, 4) is 0 Å². The van der Waals surface area contributed by atoms with E-state index in [4.69, 9.17) is 5.11 Å². The summed E-state index contributed by atoms with van der Waals surface area (Å²) in [7, 11) is 0. The Morgan fingerprint density at radius 2 is 2.07 bits per heavy atom. The quantitative estimate of drug-likeness (QED) is 0.852. The molecule has 0 fully saturated rings. The van der Waals surface area contributed by atoms with Crippen LogP contribution in [0, 0.1) is 0 Å². The number of aliphatic carboxylic acids is 1. The van der Waals surface area contributed by atoms with Crippen LogP contribution in [0.1, 0.15) is 22.3 Å². The van der Waals surface area contributed by atoms with Crippen LogP contribution in [0.25, 0.3) is 0 Å². The predicted octanol–water partition coefficient (Wildman–Crippen LogP) is 2.28. The average molecular weight is 240 g/mol. The second kappa shape index (κ2) is 4.19. The topological polar surface area (TPSA) is 57.5 Å². The summed E-state index contributed by atoms with van der Waals surface area (Å²) in [6.45, 7) is 0. The summed E-state index contributed by atoms with van der Waals surface area (Å²) in [6.07, 6.45) is -6.44. The summed E-state index contributed by atoms with van der Waals surface area (Å²) in [6, 6.07) is 1.91. The molecule has 0 radical (unpaired) electrons. The van der Waals surface area contributed by atoms with Crippen LogP contribution in [0.15, 0.2) is 12.1 Å². The molecule has 0 bridgehead atoms. The van der Waals surface area contributed by atoms with Gasteiger partial charge in [0.1, 0.15) is 4.88 Å². The van der Waals surface area contributed by atoms with Gasteiger partial charge in [0.25, 0.3) is 0 Å². The lowest BCUT2D eigenvalue weighted by Crippen LogP contribution is -2.04. The predicted molar refractivity (Wildman–Crippen MR) is 46.5 cm³/mol. The number of alkyl halides is 3. The van der Waals surface area contributed by atoms with Gasteiger partial charge in [-0.25, -0.2) is 0 Å². The highest BCUT2D eigenvalue weighted by Crippen LogP contribution is 2.36. The second-order valence-corrected chi connectivity index (χ2v) is 3.93. The fourth-order valence-corrected chi connectivity index (χ4v) is 1.81. The number of carboxylic acids is 1. The maximum absolute atomic E-state index is 12.1. The first-order chi connectivity index (χ1) is 6.80. The molecule has 84 valence electrons. The zero-order chi connectivity index (χ0) is 11.6. The number of carboxylic acid groups (broad SMARTS) is 1. The standard InChI is InChI=1S/C8H7F3O3S/c9-8(10,11)6-2-1-5(15-6)4(12)3-7(13)14/h1-2,4,12H,3H2,(H,13,14). The normalized spacial score (nSPS) is 13.9. The summed E-state index contributed by atoms with van der Waals surface area (Å²) in [5.41, 5.74) is 0. The molecular weight excluding hydrogens is 233 g/mol. The van der Waals surface area contributed by atoms with Crippen LogP contribution in [0.3, 0.4) is 0 Å². The van der Waals surface area contributed by atoms with E-state index < -0.39 is 29.5 Å². The SMILES string of the molecule is O=C(O)CC(O)c1ccc(C(F)(F)F)s1. The van der Waals surface area contributed by atoms with E-state index in [0.29, 0.717) is 11.3 Å². The number of aliphatic hydroxyl groups is 1. The molecule has 0 aliphatic rings. The van der Waals surface area contributed by atoms with Gasteiger partial charge in [-0.3, -0.25) is 4.79 Å². The zero-order valence-electron chi connectivity index (χ0n) is 7.28. The average Bonchev–Trinajstić information content (AvgIpc) is 2.48. The van der Waals surface area contributed by atoms with Gasteiger partial charge in [0.05, 0.1) is 12.5 Å². The molecule has 0 aromatic carbocycles. The molecule has 0 spiro atoms. The first kappa shape index (κ1) is 12.0. The minimum atomic E-state index is -4.45. The van der Waals surface area contributed by atoms with Crippen LogP contribution in [0.2, 0.25) is 0 Å². The summed E-state index contributed by atoms with van der Waals surface area (Å²) in [5.74, 6) is -1.26. The lowest BCUT2D eigenvalue weighted by atomic mass is 10.2. The molecule has 0 saturated carbocycles. The highest BCUT2D eigenvalue weighted by Gasteiger charge is 2.33. The largest absolute Gasteiger partial charge is 0.481 e. The summed E-state index contributed by atoms with van der Waals surface area (Å²) < 4.78 is 36.4. The fourth-order valence-electron chi connectivity index (χ4n) is 0.950. The number of hydrogen-bond donors (Lipinski definition) is 2. The molecule has 1 atom stereocenters. The Kier molecular flexibility index (Phi) is 3.35. The van der Waals surface area contributed by atoms with Crippen LogP contribution in [0.4, 0.5) is 13.2 Å². The number of aliphatic hydroxyl groups excluding tert-OH is 1. The zero-order valence-corrected chi connectivity index (χ0v) is 8.10. The van der Waals surface area contributed by atoms with Gasteiger partial charge in [-0.2, -0.15) is 13.2 Å². The van der Waals surface area contributed by atoms with Crippen LogP contribution in [-0.2, 0) is 11.0 Å². The van der Waals surface area contributed by atoms with Gasteiger partial charge in [-0.1, -0.05) is 0 Å². The molecule has 0 amide bonds. The van der Waals surface area contributed by atoms with Crippen molar-refractivity contribution >= 4 is 17.3 Å². The Morgan fingerprint density at radius 1 is 1.47 bits per heavy atom. The van der Waals surface area contributed by atoms with Crippen molar-refractivity contribution in [2.45, 2.75) is 18.7 Å². The first-order valence-electron chi connectivity index (χ1n) is 3.87. The lowest BCUT2D eigenvalue weighted by Gasteiger charge is -2.04. The lowest BCUT2D eigenvalue weighted by molar-refractivity contribution is -0.139. The third kappa shape index (κ3) is 3.21. The van der Waals surface area contributed by atoms with E-state index in [0.717, 1.165) is 12.1 Å². The van der Waals surface area contributed by atoms with Gasteiger partial charge in [-0.15, -0.1) is 11.3 Å². The summed E-state index contributed by atoms with van der Waals surface area (Å²) >= 11 is 0.352. The molecule has 7 heteroatoms. The van der Waals surface area contributed by atoms with Gasteiger partial charge in [0, 0.05) is 4.88 Å².